The molecule has 3 rings (SSSR count). The van der Waals surface area contributed by atoms with E-state index < -0.39 is 17.6 Å². The summed E-state index contributed by atoms with van der Waals surface area (Å²) in [7, 11) is 0. The van der Waals surface area contributed by atoms with E-state index in [1.807, 2.05) is 12.1 Å². The standard InChI is InChI=1S/C13H11NO4/c15-12-7-10(14-6-5-9(14)13(16)17)8-3-1-2-4-11(8)18-12/h1-4,7,9H,5-6H2,(H,16,17)/t9-/m1/s1. The SMILES string of the molecule is O=C(O)[C@H]1CCN1c1cc(=O)oc2ccccc12. The summed E-state index contributed by atoms with van der Waals surface area (Å²) in [6, 6.07) is 7.95. The molecule has 1 fully saturated rings. The summed E-state index contributed by atoms with van der Waals surface area (Å²) in [5.74, 6) is -0.862. The van der Waals surface area contributed by atoms with Crippen molar-refractivity contribution in [1.82, 2.24) is 0 Å². The van der Waals surface area contributed by atoms with Crippen molar-refractivity contribution in [2.24, 2.45) is 0 Å². The molecule has 2 aromatic rings. The third kappa shape index (κ3) is 1.55. The van der Waals surface area contributed by atoms with Gasteiger partial charge in [0.15, 0.2) is 0 Å². The van der Waals surface area contributed by atoms with Crippen molar-refractivity contribution in [2.45, 2.75) is 12.5 Å². The first-order valence-corrected chi connectivity index (χ1v) is 5.69. The number of para-hydroxylation sites is 1. The van der Waals surface area contributed by atoms with Crippen LogP contribution < -0.4 is 10.5 Å². The summed E-state index contributed by atoms with van der Waals surface area (Å²) in [6.07, 6.45) is 0.601. The number of nitrogens with zero attached hydrogens (tertiary/aromatic N) is 1. The fourth-order valence-electron chi connectivity index (χ4n) is 2.26. The molecule has 1 aliphatic heterocycles. The predicted molar refractivity (Wildman–Crippen MR) is 65.9 cm³/mol. The number of anilines is 1. The van der Waals surface area contributed by atoms with Crippen LogP contribution in [0.15, 0.2) is 39.5 Å². The largest absolute Gasteiger partial charge is 0.480 e. The van der Waals surface area contributed by atoms with E-state index >= 15 is 0 Å². The van der Waals surface area contributed by atoms with Gasteiger partial charge in [-0.3, -0.25) is 0 Å². The second kappa shape index (κ2) is 3.87. The molecule has 0 bridgehead atoms. The maximum Gasteiger partial charge on any atom is 0.338 e. The van der Waals surface area contributed by atoms with Crippen molar-refractivity contribution in [2.75, 3.05) is 11.4 Å². The number of benzene rings is 1. The lowest BCUT2D eigenvalue weighted by Gasteiger charge is -2.40. The van der Waals surface area contributed by atoms with Crippen LogP contribution in [0.1, 0.15) is 6.42 Å². The molecule has 1 aromatic heterocycles. The minimum Gasteiger partial charge on any atom is -0.480 e. The minimum atomic E-state index is -0.862. The van der Waals surface area contributed by atoms with Crippen molar-refractivity contribution in [1.29, 1.82) is 0 Å². The average molecular weight is 245 g/mol. The first-order chi connectivity index (χ1) is 8.66. The third-order valence-corrected chi connectivity index (χ3v) is 3.24. The van der Waals surface area contributed by atoms with Crippen molar-refractivity contribution < 1.29 is 14.3 Å². The molecule has 5 heteroatoms. The van der Waals surface area contributed by atoms with Gasteiger partial charge in [-0.05, 0) is 18.6 Å². The summed E-state index contributed by atoms with van der Waals surface area (Å²) >= 11 is 0. The highest BCUT2D eigenvalue weighted by Gasteiger charge is 2.35. The molecule has 92 valence electrons. The zero-order valence-corrected chi connectivity index (χ0v) is 9.50. The Morgan fingerprint density at radius 2 is 2.17 bits per heavy atom. The lowest BCUT2D eigenvalue weighted by Crippen LogP contribution is -2.52. The summed E-state index contributed by atoms with van der Waals surface area (Å²) < 4.78 is 5.09. The molecule has 18 heavy (non-hydrogen) atoms. The van der Waals surface area contributed by atoms with Gasteiger partial charge in [-0.2, -0.15) is 0 Å². The molecule has 1 saturated heterocycles. The van der Waals surface area contributed by atoms with Crippen LogP contribution in [-0.2, 0) is 4.79 Å². The van der Waals surface area contributed by atoms with E-state index in [9.17, 15) is 9.59 Å². The Hall–Kier alpha value is -2.30. The van der Waals surface area contributed by atoms with Gasteiger partial charge in [0.2, 0.25) is 0 Å². The number of rotatable bonds is 2. The van der Waals surface area contributed by atoms with Crippen molar-refractivity contribution in [3.63, 3.8) is 0 Å². The fraction of sp³-hybridized carbons (Fsp3) is 0.231. The number of hydrogen-bond donors (Lipinski definition) is 1. The Morgan fingerprint density at radius 3 is 2.83 bits per heavy atom. The van der Waals surface area contributed by atoms with Gasteiger partial charge in [0, 0.05) is 18.0 Å². The number of carboxylic acid groups (broad SMARTS) is 1. The van der Waals surface area contributed by atoms with Crippen LogP contribution in [0.25, 0.3) is 11.0 Å². The molecule has 1 atom stereocenters. The molecule has 1 N–H and O–H groups in total. The fourth-order valence-corrected chi connectivity index (χ4v) is 2.26. The molecule has 1 aromatic carbocycles. The van der Waals surface area contributed by atoms with E-state index in [-0.39, 0.29) is 0 Å². The van der Waals surface area contributed by atoms with Crippen molar-refractivity contribution in [3.05, 3.63) is 40.8 Å². The van der Waals surface area contributed by atoms with Gasteiger partial charge < -0.3 is 14.4 Å². The summed E-state index contributed by atoms with van der Waals surface area (Å²) in [5, 5.41) is 9.83. The average Bonchev–Trinajstić information content (AvgIpc) is 2.26. The van der Waals surface area contributed by atoms with E-state index in [4.69, 9.17) is 9.52 Å². The van der Waals surface area contributed by atoms with E-state index in [1.165, 1.54) is 6.07 Å². The Balaban J connectivity index is 2.17. The lowest BCUT2D eigenvalue weighted by atomic mass is 10.0. The van der Waals surface area contributed by atoms with E-state index in [2.05, 4.69) is 0 Å². The molecule has 0 saturated carbocycles. The van der Waals surface area contributed by atoms with Crippen molar-refractivity contribution in [3.8, 4) is 0 Å². The number of carboxylic acids is 1. The molecular weight excluding hydrogens is 234 g/mol. The van der Waals surface area contributed by atoms with Crippen molar-refractivity contribution >= 4 is 22.6 Å². The number of fused-ring (bicyclic) bond motifs is 1. The maximum absolute atomic E-state index is 11.5. The molecule has 0 aliphatic carbocycles. The molecule has 0 radical (unpaired) electrons. The second-order valence-corrected chi connectivity index (χ2v) is 4.28. The summed E-state index contributed by atoms with van der Waals surface area (Å²) in [5.41, 5.74) is 0.663. The monoisotopic (exact) mass is 245 g/mol. The Labute approximate surface area is 102 Å². The molecule has 2 heterocycles. The Kier molecular flexibility index (Phi) is 2.33. The smallest absolute Gasteiger partial charge is 0.338 e. The normalized spacial score (nSPS) is 18.7. The van der Waals surface area contributed by atoms with Crippen LogP contribution in [0.3, 0.4) is 0 Å². The first kappa shape index (κ1) is 10.8. The van der Waals surface area contributed by atoms with Crippen LogP contribution in [0.2, 0.25) is 0 Å². The first-order valence-electron chi connectivity index (χ1n) is 5.69. The molecular formula is C13H11NO4. The van der Waals surface area contributed by atoms with Gasteiger partial charge in [0.1, 0.15) is 11.6 Å². The van der Waals surface area contributed by atoms with Gasteiger partial charge in [-0.25, -0.2) is 9.59 Å². The molecule has 0 spiro atoms. The van der Waals surface area contributed by atoms with Crippen LogP contribution in [0.5, 0.6) is 0 Å². The van der Waals surface area contributed by atoms with Gasteiger partial charge in [-0.15, -0.1) is 0 Å². The number of hydrogen-bond acceptors (Lipinski definition) is 4. The summed E-state index contributed by atoms with van der Waals surface area (Å²) in [6.45, 7) is 0.643. The molecule has 5 nitrogen and oxygen atoms in total. The Bertz CT molecular complexity index is 676. The lowest BCUT2D eigenvalue weighted by molar-refractivity contribution is -0.139. The molecule has 1 aliphatic rings. The highest BCUT2D eigenvalue weighted by atomic mass is 16.4. The van der Waals surface area contributed by atoms with Crippen LogP contribution in [-0.4, -0.2) is 23.7 Å². The van der Waals surface area contributed by atoms with Crippen LogP contribution in [0, 0.1) is 0 Å². The number of carbonyl (C=O) groups is 1. The summed E-state index contributed by atoms with van der Waals surface area (Å²) in [4.78, 5) is 24.3. The quantitative estimate of drug-likeness (QED) is 0.811. The highest BCUT2D eigenvalue weighted by Crippen LogP contribution is 2.31. The second-order valence-electron chi connectivity index (χ2n) is 4.28. The number of aliphatic carboxylic acids is 1. The topological polar surface area (TPSA) is 70.8 Å². The third-order valence-electron chi connectivity index (χ3n) is 3.24. The highest BCUT2D eigenvalue weighted by molar-refractivity contribution is 5.93. The van der Waals surface area contributed by atoms with Crippen LogP contribution in [0.4, 0.5) is 5.69 Å². The minimum absolute atomic E-state index is 0.459. The van der Waals surface area contributed by atoms with Crippen LogP contribution >= 0.6 is 0 Å². The molecule has 0 amide bonds. The predicted octanol–water partition coefficient (Wildman–Crippen LogP) is 1.46. The zero-order chi connectivity index (χ0) is 12.7. The molecule has 0 unspecified atom stereocenters. The van der Waals surface area contributed by atoms with E-state index in [1.54, 1.807) is 17.0 Å². The maximum atomic E-state index is 11.5. The van der Waals surface area contributed by atoms with E-state index in [0.29, 0.717) is 24.2 Å². The van der Waals surface area contributed by atoms with E-state index in [0.717, 1.165) is 5.39 Å². The van der Waals surface area contributed by atoms with Gasteiger partial charge in [-0.1, -0.05) is 12.1 Å². The Morgan fingerprint density at radius 1 is 1.39 bits per heavy atom. The zero-order valence-electron chi connectivity index (χ0n) is 9.50. The van der Waals surface area contributed by atoms with Gasteiger partial charge in [0.05, 0.1) is 5.69 Å². The van der Waals surface area contributed by atoms with Gasteiger partial charge >= 0.3 is 11.6 Å². The van der Waals surface area contributed by atoms with Gasteiger partial charge in [0.25, 0.3) is 0 Å².